The van der Waals surface area contributed by atoms with Gasteiger partial charge in [-0.1, -0.05) is 6.07 Å². The van der Waals surface area contributed by atoms with E-state index in [0.717, 1.165) is 6.07 Å². The summed E-state index contributed by atoms with van der Waals surface area (Å²) < 4.78 is 12.6. The van der Waals surface area contributed by atoms with Crippen molar-refractivity contribution in [1.82, 2.24) is 0 Å². The Morgan fingerprint density at radius 1 is 1.54 bits per heavy atom. The molecule has 70 valence electrons. The second-order valence-corrected chi connectivity index (χ2v) is 2.74. The van der Waals surface area contributed by atoms with Crippen molar-refractivity contribution in [2.24, 2.45) is 0 Å². The van der Waals surface area contributed by atoms with Crippen LogP contribution in [0.5, 0.6) is 0 Å². The summed E-state index contributed by atoms with van der Waals surface area (Å²) in [6.07, 6.45) is -1.58. The van der Waals surface area contributed by atoms with Crippen molar-refractivity contribution in [3.63, 3.8) is 0 Å². The van der Waals surface area contributed by atoms with Crippen molar-refractivity contribution >= 4 is 5.97 Å². The molecule has 0 saturated carbocycles. The molecule has 1 rings (SSSR count). The van der Waals surface area contributed by atoms with Gasteiger partial charge in [0.1, 0.15) is 5.82 Å². The number of carboxylic acid groups (broad SMARTS) is 1. The second-order valence-electron chi connectivity index (χ2n) is 2.74. The van der Waals surface area contributed by atoms with E-state index in [1.165, 1.54) is 12.1 Å². The number of rotatable bonds is 2. The van der Waals surface area contributed by atoms with Crippen LogP contribution in [0.25, 0.3) is 0 Å². The van der Waals surface area contributed by atoms with E-state index in [9.17, 15) is 9.18 Å². The van der Waals surface area contributed by atoms with E-state index in [4.69, 9.17) is 10.2 Å². The highest BCUT2D eigenvalue weighted by Gasteiger charge is 2.17. The molecular weight excluding hydrogens is 175 g/mol. The van der Waals surface area contributed by atoms with Gasteiger partial charge in [0.2, 0.25) is 0 Å². The van der Waals surface area contributed by atoms with Crippen molar-refractivity contribution in [2.75, 3.05) is 0 Å². The molecule has 0 aliphatic carbocycles. The smallest absolute Gasteiger partial charge is 0.337 e. The molecule has 0 aliphatic heterocycles. The predicted octanol–water partition coefficient (Wildman–Crippen LogP) is 1.25. The van der Waals surface area contributed by atoms with Crippen molar-refractivity contribution in [1.29, 1.82) is 0 Å². The average Bonchev–Trinajstić information content (AvgIpc) is 2.03. The number of benzene rings is 1. The molecule has 0 unspecified atom stereocenters. The summed E-state index contributed by atoms with van der Waals surface area (Å²) in [4.78, 5) is 10.4. The highest BCUT2D eigenvalue weighted by molar-refractivity contribution is 5.74. The van der Waals surface area contributed by atoms with Crippen LogP contribution >= 0.6 is 0 Å². The predicted molar refractivity (Wildman–Crippen MR) is 43.7 cm³/mol. The van der Waals surface area contributed by atoms with Gasteiger partial charge >= 0.3 is 5.97 Å². The largest absolute Gasteiger partial charge is 0.479 e. The lowest BCUT2D eigenvalue weighted by atomic mass is 10.0. The fourth-order valence-corrected chi connectivity index (χ4v) is 1.08. The van der Waals surface area contributed by atoms with Gasteiger partial charge in [-0.15, -0.1) is 0 Å². The molecule has 1 aromatic carbocycles. The van der Waals surface area contributed by atoms with Gasteiger partial charge in [-0.25, -0.2) is 9.18 Å². The van der Waals surface area contributed by atoms with Gasteiger partial charge in [-0.2, -0.15) is 0 Å². The van der Waals surface area contributed by atoms with E-state index in [-0.39, 0.29) is 5.56 Å². The molecule has 1 atom stereocenters. The van der Waals surface area contributed by atoms with Gasteiger partial charge in [0.25, 0.3) is 0 Å². The Bertz CT molecular complexity index is 336. The quantitative estimate of drug-likeness (QED) is 0.727. The summed E-state index contributed by atoms with van der Waals surface area (Å²) >= 11 is 0. The molecule has 2 N–H and O–H groups in total. The lowest BCUT2D eigenvalue weighted by Crippen LogP contribution is -2.11. The zero-order valence-corrected chi connectivity index (χ0v) is 6.99. The van der Waals surface area contributed by atoms with E-state index >= 15 is 0 Å². The van der Waals surface area contributed by atoms with Crippen LogP contribution in [0.2, 0.25) is 0 Å². The molecule has 0 spiro atoms. The normalized spacial score (nSPS) is 12.5. The van der Waals surface area contributed by atoms with Gasteiger partial charge in [0.05, 0.1) is 0 Å². The van der Waals surface area contributed by atoms with Gasteiger partial charge in [0.15, 0.2) is 6.10 Å². The van der Waals surface area contributed by atoms with Crippen molar-refractivity contribution in [3.8, 4) is 0 Å². The van der Waals surface area contributed by atoms with E-state index in [1.54, 1.807) is 6.92 Å². The summed E-state index contributed by atoms with van der Waals surface area (Å²) in [6.45, 7) is 1.55. The van der Waals surface area contributed by atoms with Crippen molar-refractivity contribution < 1.29 is 19.4 Å². The highest BCUT2D eigenvalue weighted by atomic mass is 19.1. The van der Waals surface area contributed by atoms with Gasteiger partial charge in [-0.3, -0.25) is 0 Å². The molecule has 0 aliphatic rings. The number of carboxylic acids is 1. The molecule has 0 heterocycles. The minimum atomic E-state index is -1.58. The molecule has 0 bridgehead atoms. The Labute approximate surface area is 74.4 Å². The number of hydrogen-bond acceptors (Lipinski definition) is 2. The third kappa shape index (κ3) is 2.03. The topological polar surface area (TPSA) is 57.5 Å². The number of halogens is 1. The van der Waals surface area contributed by atoms with Crippen LogP contribution in [-0.2, 0) is 4.79 Å². The molecule has 0 amide bonds. The Hall–Kier alpha value is -1.42. The molecule has 13 heavy (non-hydrogen) atoms. The third-order valence-electron chi connectivity index (χ3n) is 1.76. The summed E-state index contributed by atoms with van der Waals surface area (Å²) in [5.74, 6) is -1.78. The van der Waals surface area contributed by atoms with E-state index < -0.39 is 17.9 Å². The number of carbonyl (C=O) groups is 1. The zero-order valence-electron chi connectivity index (χ0n) is 6.99. The highest BCUT2D eigenvalue weighted by Crippen LogP contribution is 2.18. The summed E-state index contributed by atoms with van der Waals surface area (Å²) in [7, 11) is 0. The van der Waals surface area contributed by atoms with Gasteiger partial charge in [-0.05, 0) is 30.2 Å². The van der Waals surface area contributed by atoms with E-state index in [1.807, 2.05) is 0 Å². The Balaban J connectivity index is 3.08. The van der Waals surface area contributed by atoms with Crippen LogP contribution in [0.3, 0.4) is 0 Å². The van der Waals surface area contributed by atoms with Crippen LogP contribution in [-0.4, -0.2) is 16.2 Å². The third-order valence-corrected chi connectivity index (χ3v) is 1.76. The van der Waals surface area contributed by atoms with Crippen LogP contribution in [0.4, 0.5) is 4.39 Å². The fourth-order valence-electron chi connectivity index (χ4n) is 1.08. The van der Waals surface area contributed by atoms with Gasteiger partial charge < -0.3 is 10.2 Å². The number of aliphatic hydroxyl groups excluding tert-OH is 1. The van der Waals surface area contributed by atoms with Crippen LogP contribution < -0.4 is 0 Å². The van der Waals surface area contributed by atoms with Crippen LogP contribution in [0, 0.1) is 12.7 Å². The average molecular weight is 184 g/mol. The maximum atomic E-state index is 12.6. The van der Waals surface area contributed by atoms with E-state index in [2.05, 4.69) is 0 Å². The number of aliphatic carboxylic acids is 1. The fraction of sp³-hybridized carbons (Fsp3) is 0.222. The first-order chi connectivity index (χ1) is 6.02. The van der Waals surface area contributed by atoms with Crippen molar-refractivity contribution in [2.45, 2.75) is 13.0 Å². The summed E-state index contributed by atoms with van der Waals surface area (Å²) in [5, 5.41) is 17.6. The number of aliphatic hydroxyl groups is 1. The van der Waals surface area contributed by atoms with Crippen LogP contribution in [0.15, 0.2) is 18.2 Å². The molecular formula is C9H9FO3. The lowest BCUT2D eigenvalue weighted by Gasteiger charge is -2.08. The molecule has 0 fully saturated rings. The first-order valence-electron chi connectivity index (χ1n) is 3.69. The first-order valence-corrected chi connectivity index (χ1v) is 3.69. The molecule has 0 aromatic heterocycles. The van der Waals surface area contributed by atoms with Crippen LogP contribution in [0.1, 0.15) is 17.2 Å². The Morgan fingerprint density at radius 2 is 2.15 bits per heavy atom. The monoisotopic (exact) mass is 184 g/mol. The Kier molecular flexibility index (Phi) is 2.63. The SMILES string of the molecule is Cc1cc(F)ccc1[C@@H](O)C(=O)O. The zero-order chi connectivity index (χ0) is 10.0. The maximum absolute atomic E-state index is 12.6. The molecule has 4 heteroatoms. The first kappa shape index (κ1) is 9.67. The lowest BCUT2D eigenvalue weighted by molar-refractivity contribution is -0.147. The molecule has 1 aromatic rings. The number of aryl methyl sites for hydroxylation is 1. The minimum Gasteiger partial charge on any atom is -0.479 e. The molecule has 0 saturated heterocycles. The summed E-state index contributed by atoms with van der Waals surface area (Å²) in [6, 6.07) is 3.57. The van der Waals surface area contributed by atoms with Gasteiger partial charge in [0, 0.05) is 0 Å². The maximum Gasteiger partial charge on any atom is 0.337 e. The molecule has 3 nitrogen and oxygen atoms in total. The minimum absolute atomic E-state index is 0.217. The summed E-state index contributed by atoms with van der Waals surface area (Å²) in [5.41, 5.74) is 0.642. The standard InChI is InChI=1S/C9H9FO3/c1-5-4-6(10)2-3-7(5)8(11)9(12)13/h2-4,8,11H,1H3,(H,12,13)/t8-/m1/s1. The second kappa shape index (κ2) is 3.53. The van der Waals surface area contributed by atoms with Crippen molar-refractivity contribution in [3.05, 3.63) is 35.1 Å². The Morgan fingerprint density at radius 3 is 2.62 bits per heavy atom. The van der Waals surface area contributed by atoms with E-state index in [0.29, 0.717) is 5.56 Å². The number of hydrogen-bond donors (Lipinski definition) is 2. The molecule has 0 radical (unpaired) electrons.